The Morgan fingerprint density at radius 2 is 1.77 bits per heavy atom. The van der Waals surface area contributed by atoms with Crippen molar-refractivity contribution < 1.29 is 22.7 Å². The Bertz CT molecular complexity index is 1620. The summed E-state index contributed by atoms with van der Waals surface area (Å²) in [4.78, 5) is 10.4. The van der Waals surface area contributed by atoms with Crippen LogP contribution in [0, 0.1) is 5.41 Å². The van der Waals surface area contributed by atoms with Crippen LogP contribution in [0.15, 0.2) is 66.2 Å². The fraction of sp³-hybridized carbons (Fsp3) is 0.379. The molecule has 5 rings (SSSR count). The quantitative estimate of drug-likeness (QED) is 0.219. The number of hydrogen-bond acceptors (Lipinski definition) is 7. The SMILES string of the molecule is CC(C)(C)C[C@@]1(c2ccc(-c3cnn(C(F)F)c3)cc2)CN([C@H](CO)c2ccc(Cl)c(-n3ncnc3C(F)F)c2)C(N)=N1. The van der Waals surface area contributed by atoms with Crippen molar-refractivity contribution in [2.75, 3.05) is 13.2 Å². The molecule has 0 unspecified atom stereocenters. The van der Waals surface area contributed by atoms with Crippen molar-refractivity contribution in [3.05, 3.63) is 83.2 Å². The lowest BCUT2D eigenvalue weighted by atomic mass is 9.76. The van der Waals surface area contributed by atoms with E-state index in [1.54, 1.807) is 23.1 Å². The number of hydrogen-bond donors (Lipinski definition) is 2. The van der Waals surface area contributed by atoms with Gasteiger partial charge in [0.2, 0.25) is 0 Å². The molecule has 0 saturated heterocycles. The Morgan fingerprint density at radius 3 is 2.37 bits per heavy atom. The molecule has 0 spiro atoms. The van der Waals surface area contributed by atoms with E-state index in [0.717, 1.165) is 16.6 Å². The fourth-order valence-electron chi connectivity index (χ4n) is 5.62. The van der Waals surface area contributed by atoms with Crippen LogP contribution in [0.25, 0.3) is 16.8 Å². The molecular formula is C29H31ClF4N8O. The molecule has 1 aliphatic rings. The lowest BCUT2D eigenvalue weighted by Gasteiger charge is -2.36. The number of nitrogens with zero attached hydrogens (tertiary/aromatic N) is 7. The Hall–Kier alpha value is -3.97. The zero-order chi connectivity index (χ0) is 31.1. The molecule has 2 atom stereocenters. The molecule has 0 radical (unpaired) electrons. The largest absolute Gasteiger partial charge is 0.394 e. The second-order valence-corrected chi connectivity index (χ2v) is 12.1. The van der Waals surface area contributed by atoms with E-state index >= 15 is 0 Å². The molecule has 0 aliphatic carbocycles. The zero-order valence-corrected chi connectivity index (χ0v) is 24.4. The minimum atomic E-state index is -2.87. The molecular weight excluding hydrogens is 588 g/mol. The number of halogens is 5. The molecule has 3 N–H and O–H groups in total. The maximum Gasteiger partial charge on any atom is 0.333 e. The maximum absolute atomic E-state index is 13.6. The van der Waals surface area contributed by atoms with Crippen LogP contribution in [0.2, 0.25) is 5.02 Å². The molecule has 0 bridgehead atoms. The van der Waals surface area contributed by atoms with Crippen LogP contribution in [0.5, 0.6) is 0 Å². The highest BCUT2D eigenvalue weighted by Gasteiger charge is 2.45. The highest BCUT2D eigenvalue weighted by Crippen LogP contribution is 2.44. The first kappa shape index (κ1) is 30.5. The molecule has 1 aliphatic heterocycles. The average molecular weight is 619 g/mol. The minimum absolute atomic E-state index is 0.178. The van der Waals surface area contributed by atoms with Crippen molar-refractivity contribution in [1.29, 1.82) is 0 Å². The minimum Gasteiger partial charge on any atom is -0.394 e. The summed E-state index contributed by atoms with van der Waals surface area (Å²) in [6.07, 6.45) is 1.42. The molecule has 0 amide bonds. The van der Waals surface area contributed by atoms with Crippen LogP contribution in [-0.2, 0) is 5.54 Å². The lowest BCUT2D eigenvalue weighted by molar-refractivity contribution is 0.0566. The Morgan fingerprint density at radius 1 is 1.05 bits per heavy atom. The number of aliphatic hydroxyl groups is 1. The highest BCUT2D eigenvalue weighted by atomic mass is 35.5. The number of guanidine groups is 1. The van der Waals surface area contributed by atoms with Crippen LogP contribution < -0.4 is 5.73 Å². The smallest absolute Gasteiger partial charge is 0.333 e. The van der Waals surface area contributed by atoms with Gasteiger partial charge in [0, 0.05) is 11.8 Å². The van der Waals surface area contributed by atoms with Gasteiger partial charge in [-0.05, 0) is 40.7 Å². The Labute approximate surface area is 250 Å². The van der Waals surface area contributed by atoms with E-state index in [1.165, 1.54) is 12.4 Å². The van der Waals surface area contributed by atoms with E-state index in [4.69, 9.17) is 22.3 Å². The van der Waals surface area contributed by atoms with Gasteiger partial charge in [0.1, 0.15) is 11.9 Å². The van der Waals surface area contributed by atoms with Gasteiger partial charge in [-0.1, -0.05) is 62.7 Å². The van der Waals surface area contributed by atoms with Gasteiger partial charge in [-0.2, -0.15) is 19.0 Å². The van der Waals surface area contributed by atoms with Gasteiger partial charge in [0.15, 0.2) is 11.8 Å². The van der Waals surface area contributed by atoms with Crippen LogP contribution in [0.1, 0.15) is 63.2 Å². The van der Waals surface area contributed by atoms with E-state index in [2.05, 4.69) is 36.0 Å². The summed E-state index contributed by atoms with van der Waals surface area (Å²) in [7, 11) is 0. The number of aromatic nitrogens is 5. The Kier molecular flexibility index (Phi) is 8.23. The predicted molar refractivity (Wildman–Crippen MR) is 154 cm³/mol. The summed E-state index contributed by atoms with van der Waals surface area (Å²) < 4.78 is 54.7. The van der Waals surface area contributed by atoms with E-state index < -0.39 is 30.4 Å². The van der Waals surface area contributed by atoms with Crippen LogP contribution in [0.3, 0.4) is 0 Å². The van der Waals surface area contributed by atoms with Crippen molar-refractivity contribution in [1.82, 2.24) is 29.4 Å². The molecule has 2 aromatic heterocycles. The number of alkyl halides is 4. The molecule has 43 heavy (non-hydrogen) atoms. The second-order valence-electron chi connectivity index (χ2n) is 11.7. The molecule has 9 nitrogen and oxygen atoms in total. The van der Waals surface area contributed by atoms with E-state index in [1.807, 2.05) is 24.3 Å². The zero-order valence-electron chi connectivity index (χ0n) is 23.7. The molecule has 0 saturated carbocycles. The van der Waals surface area contributed by atoms with Gasteiger partial charge < -0.3 is 15.7 Å². The van der Waals surface area contributed by atoms with Gasteiger partial charge in [-0.25, -0.2) is 28.1 Å². The normalized spacial score (nSPS) is 18.1. The maximum atomic E-state index is 13.6. The first-order valence-electron chi connectivity index (χ1n) is 13.5. The predicted octanol–water partition coefficient (Wildman–Crippen LogP) is 6.11. The highest BCUT2D eigenvalue weighted by molar-refractivity contribution is 6.32. The van der Waals surface area contributed by atoms with E-state index in [9.17, 15) is 22.7 Å². The number of aliphatic imine (C=N–C) groups is 1. The van der Waals surface area contributed by atoms with Gasteiger partial charge in [0.05, 0.1) is 36.1 Å². The van der Waals surface area contributed by atoms with Crippen LogP contribution in [0.4, 0.5) is 17.6 Å². The summed E-state index contributed by atoms with van der Waals surface area (Å²) >= 11 is 6.37. The van der Waals surface area contributed by atoms with E-state index in [-0.39, 0.29) is 28.7 Å². The first-order valence-corrected chi connectivity index (χ1v) is 13.8. The average Bonchev–Trinajstić information content (AvgIpc) is 3.69. The molecule has 228 valence electrons. The first-order chi connectivity index (χ1) is 20.3. The summed E-state index contributed by atoms with van der Waals surface area (Å²) in [5.74, 6) is -0.354. The standard InChI is InChI=1S/C29H31ClF4N8O/c1-28(2,3)14-29(20-7-4-17(5-8-20)19-11-37-41(12-19)26(33)34)15-40(27(35)39-29)23(13-43)18-6-9-21(30)22(10-18)42-25(24(31)32)36-16-38-42/h4-12,16,23-24,26,43H,13-15H2,1-3H3,(H2,35,39)/t23-,29+/m1/s1. The van der Waals surface area contributed by atoms with Gasteiger partial charge in [-0.3, -0.25) is 0 Å². The monoisotopic (exact) mass is 618 g/mol. The van der Waals surface area contributed by atoms with Gasteiger partial charge >= 0.3 is 6.55 Å². The molecule has 14 heteroatoms. The summed E-state index contributed by atoms with van der Waals surface area (Å²) in [6, 6.07) is 11.6. The van der Waals surface area contributed by atoms with Gasteiger partial charge in [-0.15, -0.1) is 0 Å². The summed E-state index contributed by atoms with van der Waals surface area (Å²) in [5.41, 5.74) is 8.42. The number of rotatable bonds is 9. The third-order valence-electron chi connectivity index (χ3n) is 7.34. The van der Waals surface area contributed by atoms with Crippen molar-refractivity contribution in [2.24, 2.45) is 16.1 Å². The van der Waals surface area contributed by atoms with Crippen molar-refractivity contribution in [2.45, 2.75) is 51.7 Å². The van der Waals surface area contributed by atoms with Crippen LogP contribution in [-0.4, -0.2) is 53.7 Å². The summed E-state index contributed by atoms with van der Waals surface area (Å²) in [5, 5.41) is 18.4. The van der Waals surface area contributed by atoms with Crippen molar-refractivity contribution >= 4 is 17.6 Å². The molecule has 3 heterocycles. The van der Waals surface area contributed by atoms with Gasteiger partial charge in [0.25, 0.3) is 6.43 Å². The van der Waals surface area contributed by atoms with E-state index in [0.29, 0.717) is 34.3 Å². The topological polar surface area (TPSA) is 110 Å². The number of nitrogens with two attached hydrogens (primary N) is 1. The number of aliphatic hydroxyl groups excluding tert-OH is 1. The summed E-state index contributed by atoms with van der Waals surface area (Å²) in [6.45, 7) is 3.49. The van der Waals surface area contributed by atoms with Crippen molar-refractivity contribution in [3.8, 4) is 16.8 Å². The second kappa shape index (κ2) is 11.6. The Balaban J connectivity index is 1.49. The molecule has 4 aromatic rings. The number of benzene rings is 2. The molecule has 0 fully saturated rings. The fourth-order valence-corrected chi connectivity index (χ4v) is 5.81. The lowest BCUT2D eigenvalue weighted by Crippen LogP contribution is -2.42. The third-order valence-corrected chi connectivity index (χ3v) is 7.66. The third kappa shape index (κ3) is 6.09. The van der Waals surface area contributed by atoms with Crippen LogP contribution >= 0.6 is 11.6 Å². The molecule has 2 aromatic carbocycles. The van der Waals surface area contributed by atoms with Crippen molar-refractivity contribution in [3.63, 3.8) is 0 Å².